The van der Waals surface area contributed by atoms with Crippen molar-refractivity contribution < 1.29 is 4.79 Å². The van der Waals surface area contributed by atoms with Gasteiger partial charge >= 0.3 is 0 Å². The van der Waals surface area contributed by atoms with Gasteiger partial charge in [-0.3, -0.25) is 4.79 Å². The van der Waals surface area contributed by atoms with Gasteiger partial charge in [-0.25, -0.2) is 0 Å². The monoisotopic (exact) mass is 239 g/mol. The summed E-state index contributed by atoms with van der Waals surface area (Å²) in [5, 5.41) is 5.37. The molecule has 1 amide bonds. The van der Waals surface area contributed by atoms with Gasteiger partial charge in [-0.2, -0.15) is 0 Å². The molecule has 1 aliphatic rings. The van der Waals surface area contributed by atoms with Gasteiger partial charge in [-0.15, -0.1) is 0 Å². The third-order valence-electron chi connectivity index (χ3n) is 3.70. The van der Waals surface area contributed by atoms with Crippen LogP contribution in [0.5, 0.6) is 0 Å². The smallest absolute Gasteiger partial charge is 0.251 e. The highest BCUT2D eigenvalue weighted by Gasteiger charge is 2.29. The van der Waals surface area contributed by atoms with Crippen molar-refractivity contribution in [3.63, 3.8) is 0 Å². The third-order valence-corrected chi connectivity index (χ3v) is 3.70. The van der Waals surface area contributed by atoms with Crippen LogP contribution in [-0.4, -0.2) is 11.9 Å². The van der Waals surface area contributed by atoms with Crippen LogP contribution >= 0.6 is 0 Å². The van der Waals surface area contributed by atoms with Crippen LogP contribution < -0.4 is 5.32 Å². The summed E-state index contributed by atoms with van der Waals surface area (Å²) >= 11 is 0. The molecule has 2 nitrogen and oxygen atoms in total. The molecule has 92 valence electrons. The first-order chi connectivity index (χ1) is 8.74. The second-order valence-corrected chi connectivity index (χ2v) is 5.16. The molecule has 2 heteroatoms. The fourth-order valence-electron chi connectivity index (χ4n) is 2.33. The molecule has 1 atom stereocenters. The molecule has 1 fully saturated rings. The summed E-state index contributed by atoms with van der Waals surface area (Å²) in [5.74, 6) is 0.731. The lowest BCUT2D eigenvalue weighted by Gasteiger charge is -2.13. The predicted molar refractivity (Wildman–Crippen MR) is 73.6 cm³/mol. The van der Waals surface area contributed by atoms with Gasteiger partial charge < -0.3 is 5.32 Å². The van der Waals surface area contributed by atoms with Gasteiger partial charge in [-0.1, -0.05) is 30.3 Å². The molecule has 18 heavy (non-hydrogen) atoms. The van der Waals surface area contributed by atoms with E-state index in [1.807, 2.05) is 36.4 Å². The number of hydrogen-bond acceptors (Lipinski definition) is 1. The highest BCUT2D eigenvalue weighted by molar-refractivity contribution is 5.98. The molecule has 2 aromatic carbocycles. The highest BCUT2D eigenvalue weighted by atomic mass is 16.1. The minimum absolute atomic E-state index is 0.0418. The Kier molecular flexibility index (Phi) is 2.78. The average Bonchev–Trinajstić information content (AvgIpc) is 3.22. The first-order valence-electron chi connectivity index (χ1n) is 6.54. The van der Waals surface area contributed by atoms with Crippen molar-refractivity contribution >= 4 is 16.7 Å². The molecular weight excluding hydrogens is 222 g/mol. The molecule has 2 aromatic rings. The van der Waals surface area contributed by atoms with E-state index in [1.165, 1.54) is 18.2 Å². The maximum absolute atomic E-state index is 12.1. The Balaban J connectivity index is 1.82. The fraction of sp³-hybridized carbons (Fsp3) is 0.312. The number of hydrogen-bond donors (Lipinski definition) is 1. The lowest BCUT2D eigenvalue weighted by molar-refractivity contribution is 0.0936. The molecule has 0 bridgehead atoms. The van der Waals surface area contributed by atoms with E-state index in [1.54, 1.807) is 0 Å². The predicted octanol–water partition coefficient (Wildman–Crippen LogP) is 3.37. The normalized spacial score (nSPS) is 16.5. The average molecular weight is 239 g/mol. The van der Waals surface area contributed by atoms with Crippen LogP contribution in [-0.2, 0) is 0 Å². The topological polar surface area (TPSA) is 29.1 Å². The molecule has 0 saturated heterocycles. The molecule has 0 heterocycles. The van der Waals surface area contributed by atoms with Crippen LogP contribution in [0.1, 0.15) is 30.1 Å². The zero-order valence-electron chi connectivity index (χ0n) is 10.5. The van der Waals surface area contributed by atoms with Gasteiger partial charge in [0.1, 0.15) is 0 Å². The third kappa shape index (κ3) is 2.23. The standard InChI is InChI=1S/C16H17NO/c1-11(12-6-7-12)17-16(18)15-9-8-13-4-2-3-5-14(13)10-15/h2-5,8-12H,6-7H2,1H3,(H,17,18)/t11-/m0/s1. The Labute approximate surface area is 107 Å². The second-order valence-electron chi connectivity index (χ2n) is 5.16. The summed E-state index contributed by atoms with van der Waals surface area (Å²) in [6.07, 6.45) is 2.50. The molecule has 0 aromatic heterocycles. The van der Waals surface area contributed by atoms with Crippen molar-refractivity contribution in [3.8, 4) is 0 Å². The minimum Gasteiger partial charge on any atom is -0.349 e. The number of nitrogens with one attached hydrogen (secondary N) is 1. The van der Waals surface area contributed by atoms with E-state index in [2.05, 4.69) is 18.3 Å². The summed E-state index contributed by atoms with van der Waals surface area (Å²) in [6.45, 7) is 2.09. The van der Waals surface area contributed by atoms with Crippen LogP contribution in [0.3, 0.4) is 0 Å². The molecule has 0 unspecified atom stereocenters. The zero-order valence-corrected chi connectivity index (χ0v) is 10.5. The van der Waals surface area contributed by atoms with E-state index in [0.717, 1.165) is 10.9 Å². The molecule has 1 aliphatic carbocycles. The first kappa shape index (κ1) is 11.3. The lowest BCUT2D eigenvalue weighted by Crippen LogP contribution is -2.33. The maximum Gasteiger partial charge on any atom is 0.251 e. The van der Waals surface area contributed by atoms with Gasteiger partial charge in [0.15, 0.2) is 0 Å². The van der Waals surface area contributed by atoms with Gasteiger partial charge in [0.05, 0.1) is 0 Å². The summed E-state index contributed by atoms with van der Waals surface area (Å²) in [4.78, 5) is 12.1. The Bertz CT molecular complexity index is 586. The van der Waals surface area contributed by atoms with Crippen molar-refractivity contribution in [2.45, 2.75) is 25.8 Å². The SMILES string of the molecule is C[C@H](NC(=O)c1ccc2ccccc2c1)C1CC1. The van der Waals surface area contributed by atoms with Gasteiger partial charge in [0.25, 0.3) is 5.91 Å². The second kappa shape index (κ2) is 4.45. The summed E-state index contributed by atoms with van der Waals surface area (Å²) in [6, 6.07) is 14.3. The molecule has 0 aliphatic heterocycles. The van der Waals surface area contributed by atoms with Crippen LogP contribution in [0.25, 0.3) is 10.8 Å². The van der Waals surface area contributed by atoms with Crippen molar-refractivity contribution in [1.82, 2.24) is 5.32 Å². The van der Waals surface area contributed by atoms with Crippen molar-refractivity contribution in [3.05, 3.63) is 48.0 Å². The number of benzene rings is 2. The fourth-order valence-corrected chi connectivity index (χ4v) is 2.33. The zero-order chi connectivity index (χ0) is 12.5. The summed E-state index contributed by atoms with van der Waals surface area (Å²) in [5.41, 5.74) is 0.751. The Hall–Kier alpha value is -1.83. The Morgan fingerprint density at radius 1 is 1.17 bits per heavy atom. The quantitative estimate of drug-likeness (QED) is 0.874. The maximum atomic E-state index is 12.1. The van der Waals surface area contributed by atoms with E-state index in [9.17, 15) is 4.79 Å². The van der Waals surface area contributed by atoms with E-state index in [-0.39, 0.29) is 5.91 Å². The molecule has 1 N–H and O–H groups in total. The van der Waals surface area contributed by atoms with Gasteiger partial charge in [-0.05, 0) is 48.6 Å². The van der Waals surface area contributed by atoms with Crippen LogP contribution in [0, 0.1) is 5.92 Å². The highest BCUT2D eigenvalue weighted by Crippen LogP contribution is 2.32. The summed E-state index contributed by atoms with van der Waals surface area (Å²) in [7, 11) is 0. The molecule has 1 saturated carbocycles. The van der Waals surface area contributed by atoms with E-state index in [4.69, 9.17) is 0 Å². The van der Waals surface area contributed by atoms with Crippen molar-refractivity contribution in [1.29, 1.82) is 0 Å². The van der Waals surface area contributed by atoms with E-state index in [0.29, 0.717) is 12.0 Å². The Morgan fingerprint density at radius 2 is 1.89 bits per heavy atom. The van der Waals surface area contributed by atoms with E-state index < -0.39 is 0 Å². The summed E-state index contributed by atoms with van der Waals surface area (Å²) < 4.78 is 0. The molecule has 3 rings (SSSR count). The number of carbonyl (C=O) groups is 1. The van der Waals surface area contributed by atoms with Crippen molar-refractivity contribution in [2.75, 3.05) is 0 Å². The number of carbonyl (C=O) groups excluding carboxylic acids is 1. The van der Waals surface area contributed by atoms with Crippen LogP contribution in [0.2, 0.25) is 0 Å². The van der Waals surface area contributed by atoms with Gasteiger partial charge in [0.2, 0.25) is 0 Å². The minimum atomic E-state index is 0.0418. The van der Waals surface area contributed by atoms with Gasteiger partial charge in [0, 0.05) is 11.6 Å². The number of fused-ring (bicyclic) bond motifs is 1. The Morgan fingerprint density at radius 3 is 2.61 bits per heavy atom. The van der Waals surface area contributed by atoms with E-state index >= 15 is 0 Å². The van der Waals surface area contributed by atoms with Crippen molar-refractivity contribution in [2.24, 2.45) is 5.92 Å². The molecule has 0 radical (unpaired) electrons. The molecular formula is C16H17NO. The lowest BCUT2D eigenvalue weighted by atomic mass is 10.1. The van der Waals surface area contributed by atoms with Crippen LogP contribution in [0.15, 0.2) is 42.5 Å². The number of rotatable bonds is 3. The largest absolute Gasteiger partial charge is 0.349 e. The number of amides is 1. The molecule has 0 spiro atoms. The first-order valence-corrected chi connectivity index (χ1v) is 6.54. The van der Waals surface area contributed by atoms with Crippen LogP contribution in [0.4, 0.5) is 0 Å².